The quantitative estimate of drug-likeness (QED) is 0.660. The van der Waals surface area contributed by atoms with Crippen LogP contribution in [0, 0.1) is 10.1 Å². The van der Waals surface area contributed by atoms with Crippen LogP contribution in [0.1, 0.15) is 17.3 Å². The van der Waals surface area contributed by atoms with Crippen molar-refractivity contribution < 1.29 is 14.5 Å². The highest BCUT2D eigenvalue weighted by Gasteiger charge is 2.14. The van der Waals surface area contributed by atoms with Gasteiger partial charge >= 0.3 is 0 Å². The molecule has 0 aliphatic rings. The van der Waals surface area contributed by atoms with E-state index in [-0.39, 0.29) is 22.3 Å². The van der Waals surface area contributed by atoms with Gasteiger partial charge in [0.25, 0.3) is 11.6 Å². The maximum absolute atomic E-state index is 12.1. The molecule has 0 aliphatic heterocycles. The minimum absolute atomic E-state index is 0.00680. The Hall–Kier alpha value is -2.93. The lowest BCUT2D eigenvalue weighted by atomic mass is 10.2. The molecule has 0 heterocycles. The Morgan fingerprint density at radius 1 is 1.04 bits per heavy atom. The lowest BCUT2D eigenvalue weighted by Gasteiger charge is -2.07. The number of hydrogen-bond acceptors (Lipinski definition) is 4. The zero-order chi connectivity index (χ0) is 17.0. The summed E-state index contributed by atoms with van der Waals surface area (Å²) < 4.78 is 0. The van der Waals surface area contributed by atoms with Gasteiger partial charge in [0.15, 0.2) is 0 Å². The van der Waals surface area contributed by atoms with Crippen LogP contribution in [0.5, 0.6) is 0 Å². The number of amides is 2. The second-order valence-corrected chi connectivity index (χ2v) is 5.04. The van der Waals surface area contributed by atoms with E-state index < -0.39 is 10.8 Å². The highest BCUT2D eigenvalue weighted by molar-refractivity contribution is 6.32. The number of nitro groups is 1. The Morgan fingerprint density at radius 2 is 1.65 bits per heavy atom. The fourth-order valence-corrected chi connectivity index (χ4v) is 2.03. The third kappa shape index (κ3) is 4.27. The molecule has 118 valence electrons. The average Bonchev–Trinajstić information content (AvgIpc) is 2.49. The molecular formula is C15H12ClN3O4. The molecule has 2 aromatic rings. The van der Waals surface area contributed by atoms with E-state index >= 15 is 0 Å². The van der Waals surface area contributed by atoms with Crippen LogP contribution in [0.3, 0.4) is 0 Å². The Labute approximate surface area is 136 Å². The summed E-state index contributed by atoms with van der Waals surface area (Å²) in [5.74, 6) is -0.647. The van der Waals surface area contributed by atoms with Crippen molar-refractivity contribution >= 4 is 40.5 Å². The molecule has 0 saturated heterocycles. The van der Waals surface area contributed by atoms with E-state index in [0.29, 0.717) is 11.3 Å². The van der Waals surface area contributed by atoms with Crippen LogP contribution in [0.4, 0.5) is 17.1 Å². The normalized spacial score (nSPS) is 10.0. The Balaban J connectivity index is 2.14. The summed E-state index contributed by atoms with van der Waals surface area (Å²) in [5, 5.41) is 16.0. The molecule has 0 spiro atoms. The Bertz CT molecular complexity index is 775. The summed E-state index contributed by atoms with van der Waals surface area (Å²) in [6.07, 6.45) is 0. The van der Waals surface area contributed by atoms with E-state index in [0.717, 1.165) is 0 Å². The molecule has 7 nitrogen and oxygen atoms in total. The first-order chi connectivity index (χ1) is 10.9. The molecule has 23 heavy (non-hydrogen) atoms. The minimum Gasteiger partial charge on any atom is -0.326 e. The topological polar surface area (TPSA) is 101 Å². The van der Waals surface area contributed by atoms with E-state index in [4.69, 9.17) is 11.6 Å². The fourth-order valence-electron chi connectivity index (χ4n) is 1.84. The van der Waals surface area contributed by atoms with Gasteiger partial charge in [0.1, 0.15) is 5.02 Å². The van der Waals surface area contributed by atoms with E-state index in [1.807, 2.05) is 0 Å². The first-order valence-corrected chi connectivity index (χ1v) is 6.87. The summed E-state index contributed by atoms with van der Waals surface area (Å²) in [6.45, 7) is 1.38. The van der Waals surface area contributed by atoms with Crippen molar-refractivity contribution in [3.05, 3.63) is 63.2 Å². The maximum Gasteiger partial charge on any atom is 0.289 e. The van der Waals surface area contributed by atoms with E-state index in [2.05, 4.69) is 10.6 Å². The number of carbonyl (C=O) groups is 2. The van der Waals surface area contributed by atoms with Crippen molar-refractivity contribution in [3.8, 4) is 0 Å². The average molecular weight is 334 g/mol. The second-order valence-electron chi connectivity index (χ2n) is 4.64. The van der Waals surface area contributed by atoms with Gasteiger partial charge in [-0.15, -0.1) is 0 Å². The SMILES string of the molecule is CC(=O)Nc1ccc(C(=O)Nc2ccc(Cl)c([N+](=O)[O-])c2)cc1. The second kappa shape index (κ2) is 6.89. The fraction of sp³-hybridized carbons (Fsp3) is 0.0667. The molecule has 2 N–H and O–H groups in total. The minimum atomic E-state index is -0.625. The van der Waals surface area contributed by atoms with Crippen LogP contribution in [-0.4, -0.2) is 16.7 Å². The first-order valence-electron chi connectivity index (χ1n) is 6.50. The number of rotatable bonds is 4. The Morgan fingerprint density at radius 3 is 2.22 bits per heavy atom. The number of benzene rings is 2. The molecule has 0 aromatic heterocycles. The van der Waals surface area contributed by atoms with E-state index in [1.54, 1.807) is 12.1 Å². The van der Waals surface area contributed by atoms with Crippen molar-refractivity contribution in [1.82, 2.24) is 0 Å². The molecule has 0 atom stereocenters. The van der Waals surface area contributed by atoms with Gasteiger partial charge in [-0.3, -0.25) is 19.7 Å². The Kier molecular flexibility index (Phi) is 4.92. The highest BCUT2D eigenvalue weighted by atomic mass is 35.5. The number of halogens is 1. The summed E-state index contributed by atoms with van der Waals surface area (Å²) in [7, 11) is 0. The number of hydrogen-bond donors (Lipinski definition) is 2. The van der Waals surface area contributed by atoms with Gasteiger partial charge in [0, 0.05) is 29.9 Å². The standard InChI is InChI=1S/C15H12ClN3O4/c1-9(20)17-11-4-2-10(3-5-11)15(21)18-12-6-7-13(16)14(8-12)19(22)23/h2-8H,1H3,(H,17,20)(H,18,21). The molecule has 2 rings (SSSR count). The smallest absolute Gasteiger partial charge is 0.289 e. The summed E-state index contributed by atoms with van der Waals surface area (Å²) in [4.78, 5) is 33.2. The molecule has 0 fully saturated rings. The van der Waals surface area contributed by atoms with Crippen LogP contribution in [0.2, 0.25) is 5.02 Å². The van der Waals surface area contributed by atoms with Gasteiger partial charge in [-0.2, -0.15) is 0 Å². The molecule has 0 unspecified atom stereocenters. The number of carbonyl (C=O) groups excluding carboxylic acids is 2. The molecule has 0 radical (unpaired) electrons. The highest BCUT2D eigenvalue weighted by Crippen LogP contribution is 2.27. The van der Waals surface area contributed by atoms with Crippen molar-refractivity contribution in [3.63, 3.8) is 0 Å². The molecule has 2 amide bonds. The summed E-state index contributed by atoms with van der Waals surface area (Å²) >= 11 is 5.71. The van der Waals surface area contributed by atoms with Gasteiger partial charge in [0.05, 0.1) is 4.92 Å². The van der Waals surface area contributed by atoms with E-state index in [1.165, 1.54) is 37.3 Å². The molecule has 0 aliphatic carbocycles. The molecular weight excluding hydrogens is 322 g/mol. The first kappa shape index (κ1) is 16.4. The van der Waals surface area contributed by atoms with Crippen LogP contribution < -0.4 is 10.6 Å². The number of nitro benzene ring substituents is 1. The lowest BCUT2D eigenvalue weighted by molar-refractivity contribution is -0.384. The van der Waals surface area contributed by atoms with Crippen molar-refractivity contribution in [2.45, 2.75) is 6.92 Å². The van der Waals surface area contributed by atoms with Gasteiger partial charge in [0.2, 0.25) is 5.91 Å². The van der Waals surface area contributed by atoms with Gasteiger partial charge in [-0.05, 0) is 36.4 Å². The van der Waals surface area contributed by atoms with Gasteiger partial charge in [-0.1, -0.05) is 11.6 Å². The zero-order valence-electron chi connectivity index (χ0n) is 12.0. The molecule has 0 saturated carbocycles. The maximum atomic E-state index is 12.1. The summed E-state index contributed by atoms with van der Waals surface area (Å²) in [6, 6.07) is 10.2. The van der Waals surface area contributed by atoms with Crippen molar-refractivity contribution in [2.24, 2.45) is 0 Å². The molecule has 0 bridgehead atoms. The third-order valence-electron chi connectivity index (χ3n) is 2.87. The predicted molar refractivity (Wildman–Crippen MR) is 86.8 cm³/mol. The molecule has 8 heteroatoms. The summed E-state index contributed by atoms with van der Waals surface area (Å²) in [5.41, 5.74) is 0.885. The van der Waals surface area contributed by atoms with Crippen LogP contribution in [0.15, 0.2) is 42.5 Å². The van der Waals surface area contributed by atoms with E-state index in [9.17, 15) is 19.7 Å². The number of anilines is 2. The van der Waals surface area contributed by atoms with Crippen molar-refractivity contribution in [2.75, 3.05) is 10.6 Å². The van der Waals surface area contributed by atoms with Gasteiger partial charge < -0.3 is 10.6 Å². The lowest BCUT2D eigenvalue weighted by Crippen LogP contribution is -2.12. The predicted octanol–water partition coefficient (Wildman–Crippen LogP) is 3.46. The van der Waals surface area contributed by atoms with Crippen LogP contribution >= 0.6 is 11.6 Å². The monoisotopic (exact) mass is 333 g/mol. The van der Waals surface area contributed by atoms with Crippen LogP contribution in [-0.2, 0) is 4.79 Å². The number of nitrogens with one attached hydrogen (secondary N) is 2. The third-order valence-corrected chi connectivity index (χ3v) is 3.19. The molecule has 2 aromatic carbocycles. The zero-order valence-corrected chi connectivity index (χ0v) is 12.8. The van der Waals surface area contributed by atoms with Crippen LogP contribution in [0.25, 0.3) is 0 Å². The largest absolute Gasteiger partial charge is 0.326 e. The number of nitrogens with zero attached hydrogens (tertiary/aromatic N) is 1. The van der Waals surface area contributed by atoms with Crippen molar-refractivity contribution in [1.29, 1.82) is 0 Å². The van der Waals surface area contributed by atoms with Gasteiger partial charge in [-0.25, -0.2) is 0 Å².